The molecular weight excluding hydrogens is 743 g/mol. The maximum absolute atomic E-state index is 14.0. The second-order valence-corrected chi connectivity index (χ2v) is 19.4. The molecule has 0 unspecified atom stereocenters. The quantitative estimate of drug-likeness (QED) is 0.211. The average molecular weight is 790 g/mol. The molecule has 3 saturated carbocycles. The molecule has 5 aliphatic rings. The average Bonchev–Trinajstić information content (AvgIpc) is 4.11. The molecule has 55 heavy (non-hydrogen) atoms. The Morgan fingerprint density at radius 2 is 1.75 bits per heavy atom. The number of aromatic nitrogens is 4. The van der Waals surface area contributed by atoms with Crippen LogP contribution in [0.1, 0.15) is 83.8 Å². The molecule has 2 N–H and O–H groups in total. The molecule has 4 aromatic rings. The summed E-state index contributed by atoms with van der Waals surface area (Å²) in [6.07, 6.45) is 6.80. The highest BCUT2D eigenvalue weighted by atomic mass is 32.2. The van der Waals surface area contributed by atoms with Crippen molar-refractivity contribution in [3.63, 3.8) is 0 Å². The number of sulfonamides is 1. The summed E-state index contributed by atoms with van der Waals surface area (Å²) in [6, 6.07) is 13.1. The van der Waals surface area contributed by atoms with Gasteiger partial charge in [-0.2, -0.15) is 16.8 Å². The van der Waals surface area contributed by atoms with Crippen LogP contribution in [-0.2, 0) is 20.1 Å². The van der Waals surface area contributed by atoms with E-state index in [-0.39, 0.29) is 63.0 Å². The minimum atomic E-state index is -4.58. The SMILES string of the molecule is [2H]C([2H])(COc1ccn(-c2ccc3c(n2)N2C[C@@H](CCCNc4nc(ccc4OS(=O)(=O)c4ccc(C)cc4)S(=O)(=O)NC3=O)CC2(C)C)n1)C1C2(CC2)C12CC2. The number of fused-ring (bicyclic) bond motifs is 7. The summed E-state index contributed by atoms with van der Waals surface area (Å²) >= 11 is 0. The molecule has 3 aliphatic carbocycles. The van der Waals surface area contributed by atoms with Crippen molar-refractivity contribution >= 4 is 37.7 Å². The van der Waals surface area contributed by atoms with Crippen LogP contribution in [-0.4, -0.2) is 67.7 Å². The third kappa shape index (κ3) is 6.40. The molecule has 3 aromatic heterocycles. The van der Waals surface area contributed by atoms with Crippen LogP contribution in [0.25, 0.3) is 5.82 Å². The maximum Gasteiger partial charge on any atom is 0.339 e. The predicted molar refractivity (Wildman–Crippen MR) is 203 cm³/mol. The fourth-order valence-corrected chi connectivity index (χ4v) is 10.9. The zero-order valence-electron chi connectivity index (χ0n) is 32.9. The number of carbonyl (C=O) groups is 1. The first-order valence-corrected chi connectivity index (χ1v) is 21.6. The standard InChI is InChI=1S/C39H45N7O7S2/c1-25-6-8-27(9-7-25)55(50,51)53-29-11-13-33-42-34(29)40-20-4-5-26-23-37(2,3)45(24-26)35-28(36(47)44-54(33,48)49)10-12-31(41-35)46-21-14-32(43-46)52-22-15-30-38(16-17-38)39(30)18-19-39/h6-14,21,26,30H,4-5,15-20,22-24H2,1-3H3,(H,40,42)(H,44,47)/t26-/m0/s1/i15D2. The summed E-state index contributed by atoms with van der Waals surface area (Å²) < 4.78 is 86.5. The van der Waals surface area contributed by atoms with Gasteiger partial charge in [0.15, 0.2) is 22.4 Å². The number of amides is 1. The van der Waals surface area contributed by atoms with Crippen molar-refractivity contribution < 1.29 is 33.3 Å². The molecule has 1 saturated heterocycles. The number of hydrogen-bond donors (Lipinski definition) is 2. The van der Waals surface area contributed by atoms with Crippen LogP contribution in [0.3, 0.4) is 0 Å². The van der Waals surface area contributed by atoms with E-state index in [2.05, 4.69) is 34.0 Å². The van der Waals surface area contributed by atoms with E-state index in [1.54, 1.807) is 30.5 Å². The number of aryl methyl sites for hydroxylation is 1. The molecule has 2 aliphatic heterocycles. The van der Waals surface area contributed by atoms with Gasteiger partial charge in [-0.1, -0.05) is 17.7 Å². The Balaban J connectivity index is 0.994. The lowest BCUT2D eigenvalue weighted by molar-refractivity contribution is 0.0981. The Labute approximate surface area is 324 Å². The molecule has 4 bridgehead atoms. The van der Waals surface area contributed by atoms with Crippen LogP contribution in [0.5, 0.6) is 11.6 Å². The van der Waals surface area contributed by atoms with E-state index >= 15 is 0 Å². The van der Waals surface area contributed by atoms with Crippen LogP contribution >= 0.6 is 0 Å². The highest BCUT2D eigenvalue weighted by molar-refractivity contribution is 7.90. The minimum Gasteiger partial charge on any atom is -0.477 e. The third-order valence-electron chi connectivity index (χ3n) is 12.1. The summed E-state index contributed by atoms with van der Waals surface area (Å²) in [5, 5.41) is 7.10. The number of nitrogens with zero attached hydrogens (tertiary/aromatic N) is 5. The van der Waals surface area contributed by atoms with Crippen LogP contribution in [0, 0.1) is 29.6 Å². The van der Waals surface area contributed by atoms with Gasteiger partial charge in [0.1, 0.15) is 10.7 Å². The van der Waals surface area contributed by atoms with Gasteiger partial charge < -0.3 is 19.1 Å². The lowest BCUT2D eigenvalue weighted by atomic mass is 9.93. The summed E-state index contributed by atoms with van der Waals surface area (Å²) in [5.41, 5.74) is 0.810. The zero-order valence-corrected chi connectivity index (χ0v) is 32.5. The van der Waals surface area contributed by atoms with Crippen LogP contribution in [0.2, 0.25) is 0 Å². The number of rotatable bonds is 8. The van der Waals surface area contributed by atoms with Gasteiger partial charge in [-0.25, -0.2) is 19.4 Å². The number of carbonyl (C=O) groups excluding carboxylic acids is 1. The van der Waals surface area contributed by atoms with E-state index < -0.39 is 43.0 Å². The predicted octanol–water partition coefficient (Wildman–Crippen LogP) is 5.63. The number of hydrogen-bond acceptors (Lipinski definition) is 12. The Morgan fingerprint density at radius 3 is 2.47 bits per heavy atom. The molecule has 1 amide bonds. The van der Waals surface area contributed by atoms with Gasteiger partial charge in [0, 0.05) is 33.6 Å². The van der Waals surface area contributed by atoms with Crippen LogP contribution in [0.4, 0.5) is 11.6 Å². The Morgan fingerprint density at radius 1 is 1.00 bits per heavy atom. The van der Waals surface area contributed by atoms with Gasteiger partial charge in [-0.05, 0) is 131 Å². The monoisotopic (exact) mass is 789 g/mol. The molecule has 1 aromatic carbocycles. The summed E-state index contributed by atoms with van der Waals surface area (Å²) in [6.45, 7) is 6.72. The van der Waals surface area contributed by atoms with Gasteiger partial charge in [0.25, 0.3) is 15.9 Å². The number of ether oxygens (including phenoxy) is 1. The van der Waals surface area contributed by atoms with Gasteiger partial charge in [0.2, 0.25) is 5.88 Å². The van der Waals surface area contributed by atoms with Crippen molar-refractivity contribution in [2.45, 2.75) is 87.6 Å². The summed E-state index contributed by atoms with van der Waals surface area (Å²) in [7, 11) is -8.87. The molecular formula is C39H45N7O7S2. The Kier molecular flexibility index (Phi) is 7.74. The molecule has 9 rings (SSSR count). The molecule has 5 heterocycles. The topological polar surface area (TPSA) is 175 Å². The first kappa shape index (κ1) is 33.6. The maximum atomic E-state index is 14.0. The van der Waals surface area contributed by atoms with Crippen molar-refractivity contribution in [2.24, 2.45) is 22.7 Å². The van der Waals surface area contributed by atoms with Crippen molar-refractivity contribution in [1.29, 1.82) is 0 Å². The Hall–Kier alpha value is -4.70. The number of benzene rings is 1. The summed E-state index contributed by atoms with van der Waals surface area (Å²) in [4.78, 5) is 25.1. The minimum absolute atomic E-state index is 0.0256. The number of nitrogens with one attached hydrogen (secondary N) is 2. The largest absolute Gasteiger partial charge is 0.477 e. The molecule has 14 nitrogen and oxygen atoms in total. The van der Waals surface area contributed by atoms with Gasteiger partial charge in [0.05, 0.1) is 12.2 Å². The summed E-state index contributed by atoms with van der Waals surface area (Å²) in [5.74, 6) is -0.0899. The molecule has 16 heteroatoms. The number of anilines is 2. The molecule has 0 radical (unpaired) electrons. The van der Waals surface area contributed by atoms with Gasteiger partial charge in [-0.15, -0.1) is 5.10 Å². The van der Waals surface area contributed by atoms with Crippen LogP contribution < -0.4 is 23.9 Å². The van der Waals surface area contributed by atoms with E-state index in [4.69, 9.17) is 16.6 Å². The van der Waals surface area contributed by atoms with E-state index in [1.165, 1.54) is 28.9 Å². The first-order chi connectivity index (χ1) is 26.9. The molecule has 4 fully saturated rings. The number of pyridine rings is 2. The normalized spacial score (nSPS) is 23.7. The first-order valence-electron chi connectivity index (χ1n) is 19.7. The fourth-order valence-electron chi connectivity index (χ4n) is 9.05. The zero-order chi connectivity index (χ0) is 40.2. The van der Waals surface area contributed by atoms with Gasteiger partial charge in [-0.3, -0.25) is 4.79 Å². The van der Waals surface area contributed by atoms with Crippen molar-refractivity contribution in [1.82, 2.24) is 24.5 Å². The lowest BCUT2D eigenvalue weighted by Gasteiger charge is -2.34. The molecule has 2 spiro atoms. The lowest BCUT2D eigenvalue weighted by Crippen LogP contribution is -2.41. The van der Waals surface area contributed by atoms with E-state index in [9.17, 15) is 21.6 Å². The second kappa shape index (κ2) is 12.7. The van der Waals surface area contributed by atoms with Crippen molar-refractivity contribution in [3.8, 4) is 17.4 Å². The van der Waals surface area contributed by atoms with Crippen molar-refractivity contribution in [2.75, 3.05) is 29.9 Å². The van der Waals surface area contributed by atoms with Crippen LogP contribution in [0.15, 0.2) is 70.7 Å². The van der Waals surface area contributed by atoms with Gasteiger partial charge >= 0.3 is 10.1 Å². The van der Waals surface area contributed by atoms with Crippen molar-refractivity contribution in [3.05, 3.63) is 71.9 Å². The van der Waals surface area contributed by atoms with E-state index in [0.29, 0.717) is 25.3 Å². The second-order valence-electron chi connectivity index (χ2n) is 16.2. The smallest absolute Gasteiger partial charge is 0.339 e. The highest BCUT2D eigenvalue weighted by Gasteiger charge is 2.85. The third-order valence-corrected chi connectivity index (χ3v) is 14.6. The highest BCUT2D eigenvalue weighted by Crippen LogP contribution is 2.93. The fraction of sp³-hybridized carbons (Fsp3) is 0.487. The molecule has 1 atom stereocenters. The molecule has 290 valence electrons. The Bertz CT molecular complexity index is 2480. The van der Waals surface area contributed by atoms with E-state index in [1.807, 2.05) is 11.8 Å². The van der Waals surface area contributed by atoms with E-state index in [0.717, 1.165) is 50.2 Å².